The topological polar surface area (TPSA) is 12.0 Å². The minimum absolute atomic E-state index is 0.0910. The van der Waals surface area contributed by atoms with Crippen LogP contribution in [0.25, 0.3) is 0 Å². The highest BCUT2D eigenvalue weighted by molar-refractivity contribution is 6.32. The Balaban J connectivity index is 2.49. The zero-order chi connectivity index (χ0) is 15.4. The Labute approximate surface area is 131 Å². The lowest BCUT2D eigenvalue weighted by molar-refractivity contribution is 0.584. The second-order valence-corrected chi connectivity index (χ2v) is 5.81. The number of halogens is 2. The lowest BCUT2D eigenvalue weighted by Gasteiger charge is -2.22. The minimum Gasteiger partial charge on any atom is -0.306 e. The number of aryl methyl sites for hydroxylation is 2. The van der Waals surface area contributed by atoms with Crippen LogP contribution in [0.15, 0.2) is 36.4 Å². The van der Waals surface area contributed by atoms with E-state index < -0.39 is 0 Å². The molecule has 1 N–H and O–H groups in total. The summed E-state index contributed by atoms with van der Waals surface area (Å²) in [5.41, 5.74) is 3.85. The van der Waals surface area contributed by atoms with E-state index in [9.17, 15) is 4.39 Å². The highest BCUT2D eigenvalue weighted by atomic mass is 35.5. The van der Waals surface area contributed by atoms with Gasteiger partial charge < -0.3 is 5.32 Å². The molecule has 0 saturated carbocycles. The number of benzene rings is 2. The van der Waals surface area contributed by atoms with E-state index in [1.807, 2.05) is 38.1 Å². The van der Waals surface area contributed by atoms with E-state index >= 15 is 0 Å². The first-order valence-electron chi connectivity index (χ1n) is 7.28. The van der Waals surface area contributed by atoms with Crippen molar-refractivity contribution in [3.8, 4) is 0 Å². The van der Waals surface area contributed by atoms with Crippen molar-refractivity contribution in [2.45, 2.75) is 33.2 Å². The van der Waals surface area contributed by atoms with Gasteiger partial charge in [-0.25, -0.2) is 4.39 Å². The normalized spacial score (nSPS) is 12.4. The van der Waals surface area contributed by atoms with Crippen molar-refractivity contribution in [2.24, 2.45) is 0 Å². The van der Waals surface area contributed by atoms with E-state index in [0.29, 0.717) is 0 Å². The molecule has 0 spiro atoms. The monoisotopic (exact) mass is 305 g/mol. The fourth-order valence-corrected chi connectivity index (χ4v) is 2.76. The van der Waals surface area contributed by atoms with E-state index in [0.717, 1.165) is 40.2 Å². The maximum Gasteiger partial charge on any atom is 0.123 e. The lowest BCUT2D eigenvalue weighted by atomic mass is 9.95. The molecule has 0 fully saturated rings. The summed E-state index contributed by atoms with van der Waals surface area (Å²) in [6, 6.07) is 11.0. The standard InChI is InChI=1S/C18H21ClFN/c1-4-8-21-18(14-9-12(2)10-15(20)11-14)16-7-5-6-13(3)17(16)19/h5-7,9-11,18,21H,4,8H2,1-3H3. The first-order chi connectivity index (χ1) is 10.0. The molecule has 0 aliphatic carbocycles. The SMILES string of the molecule is CCCNC(c1cc(C)cc(F)c1)c1cccc(C)c1Cl. The molecule has 0 aliphatic heterocycles. The quantitative estimate of drug-likeness (QED) is 0.802. The maximum atomic E-state index is 13.7. The average molecular weight is 306 g/mol. The van der Waals surface area contributed by atoms with Crippen LogP contribution in [0, 0.1) is 19.7 Å². The van der Waals surface area contributed by atoms with E-state index in [1.54, 1.807) is 6.07 Å². The van der Waals surface area contributed by atoms with Crippen molar-refractivity contribution in [1.82, 2.24) is 5.32 Å². The molecule has 1 nitrogen and oxygen atoms in total. The third-order valence-electron chi connectivity index (χ3n) is 3.53. The molecular formula is C18H21ClFN. The smallest absolute Gasteiger partial charge is 0.123 e. The first-order valence-corrected chi connectivity index (χ1v) is 7.66. The predicted octanol–water partition coefficient (Wildman–Crippen LogP) is 5.18. The van der Waals surface area contributed by atoms with Crippen molar-refractivity contribution in [3.63, 3.8) is 0 Å². The second-order valence-electron chi connectivity index (χ2n) is 5.43. The van der Waals surface area contributed by atoms with Gasteiger partial charge in [0, 0.05) is 5.02 Å². The van der Waals surface area contributed by atoms with Crippen molar-refractivity contribution in [1.29, 1.82) is 0 Å². The summed E-state index contributed by atoms with van der Waals surface area (Å²) in [6.07, 6.45) is 1.01. The van der Waals surface area contributed by atoms with E-state index in [-0.39, 0.29) is 11.9 Å². The van der Waals surface area contributed by atoms with Crippen LogP contribution in [-0.2, 0) is 0 Å². The van der Waals surface area contributed by atoms with Gasteiger partial charge in [-0.15, -0.1) is 0 Å². The first kappa shape index (κ1) is 16.0. The van der Waals surface area contributed by atoms with Crippen LogP contribution in [0.4, 0.5) is 4.39 Å². The molecule has 0 radical (unpaired) electrons. The number of rotatable bonds is 5. The van der Waals surface area contributed by atoms with Crippen LogP contribution in [0.1, 0.15) is 41.6 Å². The van der Waals surface area contributed by atoms with Crippen molar-refractivity contribution in [3.05, 3.63) is 69.5 Å². The summed E-state index contributed by atoms with van der Waals surface area (Å²) in [6.45, 7) is 6.85. The van der Waals surface area contributed by atoms with Gasteiger partial charge >= 0.3 is 0 Å². The molecule has 0 amide bonds. The molecule has 3 heteroatoms. The predicted molar refractivity (Wildman–Crippen MR) is 87.5 cm³/mol. The van der Waals surface area contributed by atoms with Crippen LogP contribution >= 0.6 is 11.6 Å². The average Bonchev–Trinajstić information content (AvgIpc) is 2.42. The van der Waals surface area contributed by atoms with Gasteiger partial charge in [-0.05, 0) is 61.2 Å². The van der Waals surface area contributed by atoms with Gasteiger partial charge in [0.1, 0.15) is 5.82 Å². The largest absolute Gasteiger partial charge is 0.306 e. The summed E-state index contributed by atoms with van der Waals surface area (Å²) >= 11 is 6.46. The Morgan fingerprint density at radius 3 is 2.62 bits per heavy atom. The molecule has 112 valence electrons. The Hall–Kier alpha value is -1.38. The lowest BCUT2D eigenvalue weighted by Crippen LogP contribution is -2.24. The van der Waals surface area contributed by atoms with Crippen molar-refractivity contribution >= 4 is 11.6 Å². The van der Waals surface area contributed by atoms with Gasteiger partial charge in [-0.1, -0.05) is 42.8 Å². The Bertz CT molecular complexity index is 604. The van der Waals surface area contributed by atoms with Crippen molar-refractivity contribution < 1.29 is 4.39 Å². The molecule has 0 aliphatic rings. The fraction of sp³-hybridized carbons (Fsp3) is 0.333. The molecule has 0 saturated heterocycles. The van der Waals surface area contributed by atoms with Gasteiger partial charge in [-0.2, -0.15) is 0 Å². The van der Waals surface area contributed by atoms with Crippen LogP contribution in [-0.4, -0.2) is 6.54 Å². The number of hydrogen-bond donors (Lipinski definition) is 1. The van der Waals surface area contributed by atoms with Crippen LogP contribution in [0.2, 0.25) is 5.02 Å². The van der Waals surface area contributed by atoms with E-state index in [1.165, 1.54) is 6.07 Å². The highest BCUT2D eigenvalue weighted by Gasteiger charge is 2.18. The van der Waals surface area contributed by atoms with Gasteiger partial charge in [-0.3, -0.25) is 0 Å². The third-order valence-corrected chi connectivity index (χ3v) is 4.05. The molecule has 0 aromatic heterocycles. The molecule has 2 rings (SSSR count). The molecule has 0 bridgehead atoms. The van der Waals surface area contributed by atoms with Gasteiger partial charge in [0.15, 0.2) is 0 Å². The summed E-state index contributed by atoms with van der Waals surface area (Å²) in [7, 11) is 0. The zero-order valence-electron chi connectivity index (χ0n) is 12.7. The summed E-state index contributed by atoms with van der Waals surface area (Å²) < 4.78 is 13.7. The van der Waals surface area contributed by atoms with Gasteiger partial charge in [0.25, 0.3) is 0 Å². The molecule has 2 aromatic rings. The molecule has 21 heavy (non-hydrogen) atoms. The third kappa shape index (κ3) is 3.84. The second kappa shape index (κ2) is 7.06. The maximum absolute atomic E-state index is 13.7. The van der Waals surface area contributed by atoms with Gasteiger partial charge in [0.2, 0.25) is 0 Å². The number of nitrogens with one attached hydrogen (secondary N) is 1. The summed E-state index contributed by atoms with van der Waals surface area (Å²) in [4.78, 5) is 0. The molecule has 0 heterocycles. The highest BCUT2D eigenvalue weighted by Crippen LogP contribution is 2.31. The van der Waals surface area contributed by atoms with Crippen LogP contribution in [0.3, 0.4) is 0 Å². The molecular weight excluding hydrogens is 285 g/mol. The fourth-order valence-electron chi connectivity index (χ4n) is 2.52. The van der Waals surface area contributed by atoms with Gasteiger partial charge in [0.05, 0.1) is 6.04 Å². The molecule has 1 unspecified atom stereocenters. The van der Waals surface area contributed by atoms with Crippen LogP contribution in [0.5, 0.6) is 0 Å². The minimum atomic E-state index is -0.211. The zero-order valence-corrected chi connectivity index (χ0v) is 13.5. The van der Waals surface area contributed by atoms with E-state index in [4.69, 9.17) is 11.6 Å². The Kier molecular flexibility index (Phi) is 5.38. The Morgan fingerprint density at radius 1 is 1.19 bits per heavy atom. The van der Waals surface area contributed by atoms with Crippen LogP contribution < -0.4 is 5.32 Å². The summed E-state index contributed by atoms with van der Waals surface area (Å²) in [5.74, 6) is -0.211. The van der Waals surface area contributed by atoms with Crippen molar-refractivity contribution in [2.75, 3.05) is 6.54 Å². The number of hydrogen-bond acceptors (Lipinski definition) is 1. The van der Waals surface area contributed by atoms with E-state index in [2.05, 4.69) is 12.2 Å². The summed E-state index contributed by atoms with van der Waals surface area (Å²) in [5, 5.41) is 4.22. The Morgan fingerprint density at radius 2 is 1.95 bits per heavy atom. The molecule has 1 atom stereocenters. The molecule has 2 aromatic carbocycles.